The topological polar surface area (TPSA) is 29.1 Å². The second-order valence-electron chi connectivity index (χ2n) is 6.07. The highest BCUT2D eigenvalue weighted by atomic mass is 35.5. The van der Waals surface area contributed by atoms with E-state index in [1.54, 1.807) is 0 Å². The van der Waals surface area contributed by atoms with Crippen LogP contribution >= 0.6 is 11.6 Å². The molecule has 16 heavy (non-hydrogen) atoms. The van der Waals surface area contributed by atoms with Crippen molar-refractivity contribution in [2.24, 2.45) is 23.2 Å². The summed E-state index contributed by atoms with van der Waals surface area (Å²) in [6.07, 6.45) is 5.48. The summed E-state index contributed by atoms with van der Waals surface area (Å²) < 4.78 is 0. The fourth-order valence-corrected chi connectivity index (χ4v) is 2.40. The largest absolute Gasteiger partial charge is 0.355 e. The van der Waals surface area contributed by atoms with Crippen molar-refractivity contribution in [3.05, 3.63) is 0 Å². The molecule has 0 aromatic rings. The van der Waals surface area contributed by atoms with E-state index in [1.807, 2.05) is 13.8 Å². The standard InChI is InChI=1S/C13H22ClNO/c1-13(2,8-14)12(16)15-7-11(9-3-4-9)10-5-6-10/h9-11H,3-8H2,1-2H3,(H,15,16). The molecule has 2 saturated carbocycles. The van der Waals surface area contributed by atoms with Gasteiger partial charge in [-0.3, -0.25) is 4.79 Å². The Morgan fingerprint density at radius 1 is 1.31 bits per heavy atom. The predicted octanol–water partition coefficient (Wildman–Crippen LogP) is 2.80. The molecule has 0 aliphatic heterocycles. The maximum absolute atomic E-state index is 11.9. The lowest BCUT2D eigenvalue weighted by molar-refractivity contribution is -0.128. The Labute approximate surface area is 103 Å². The monoisotopic (exact) mass is 243 g/mol. The minimum Gasteiger partial charge on any atom is -0.355 e. The normalized spacial score (nSPS) is 21.2. The molecule has 0 radical (unpaired) electrons. The number of carbonyl (C=O) groups is 1. The smallest absolute Gasteiger partial charge is 0.226 e. The van der Waals surface area contributed by atoms with Crippen LogP contribution in [0.5, 0.6) is 0 Å². The molecule has 0 bridgehead atoms. The average molecular weight is 244 g/mol. The molecule has 0 aromatic heterocycles. The summed E-state index contributed by atoms with van der Waals surface area (Å²) in [5.74, 6) is 3.03. The average Bonchev–Trinajstić information content (AvgIpc) is 3.10. The van der Waals surface area contributed by atoms with Gasteiger partial charge in [0.1, 0.15) is 0 Å². The van der Waals surface area contributed by atoms with Gasteiger partial charge in [-0.05, 0) is 57.3 Å². The number of rotatable bonds is 6. The van der Waals surface area contributed by atoms with Crippen molar-refractivity contribution >= 4 is 17.5 Å². The Morgan fingerprint density at radius 2 is 1.81 bits per heavy atom. The summed E-state index contributed by atoms with van der Waals surface area (Å²) in [6.45, 7) is 4.67. The number of halogens is 1. The zero-order valence-electron chi connectivity index (χ0n) is 10.3. The summed E-state index contributed by atoms with van der Waals surface area (Å²) in [7, 11) is 0. The summed E-state index contributed by atoms with van der Waals surface area (Å²) in [5.41, 5.74) is -0.431. The molecule has 92 valence electrons. The van der Waals surface area contributed by atoms with E-state index in [0.717, 1.165) is 24.3 Å². The number of nitrogens with one attached hydrogen (secondary N) is 1. The number of carbonyl (C=O) groups excluding carboxylic acids is 1. The third kappa shape index (κ3) is 2.91. The number of hydrogen-bond acceptors (Lipinski definition) is 1. The van der Waals surface area contributed by atoms with Gasteiger partial charge < -0.3 is 5.32 Å². The zero-order chi connectivity index (χ0) is 11.8. The molecule has 3 heteroatoms. The summed E-state index contributed by atoms with van der Waals surface area (Å²) in [4.78, 5) is 11.9. The van der Waals surface area contributed by atoms with E-state index < -0.39 is 5.41 Å². The highest BCUT2D eigenvalue weighted by Gasteiger charge is 2.41. The molecule has 0 aromatic carbocycles. The van der Waals surface area contributed by atoms with Gasteiger partial charge in [-0.15, -0.1) is 11.6 Å². The Hall–Kier alpha value is -0.240. The Balaban J connectivity index is 1.78. The quantitative estimate of drug-likeness (QED) is 0.715. The van der Waals surface area contributed by atoms with Crippen molar-refractivity contribution in [1.82, 2.24) is 5.32 Å². The molecule has 1 amide bonds. The van der Waals surface area contributed by atoms with Gasteiger partial charge in [-0.2, -0.15) is 0 Å². The third-order valence-corrected chi connectivity index (χ3v) is 4.57. The van der Waals surface area contributed by atoms with Crippen LogP contribution in [-0.2, 0) is 4.79 Å². The van der Waals surface area contributed by atoms with Gasteiger partial charge in [0.25, 0.3) is 0 Å². The van der Waals surface area contributed by atoms with E-state index in [2.05, 4.69) is 5.32 Å². The molecular weight excluding hydrogens is 222 g/mol. The molecule has 2 fully saturated rings. The molecular formula is C13H22ClNO. The number of alkyl halides is 1. The van der Waals surface area contributed by atoms with Crippen molar-refractivity contribution in [2.45, 2.75) is 39.5 Å². The SMILES string of the molecule is CC(C)(CCl)C(=O)NCC(C1CC1)C1CC1. The first kappa shape index (κ1) is 12.2. The Bertz CT molecular complexity index is 257. The lowest BCUT2D eigenvalue weighted by Crippen LogP contribution is -2.41. The number of hydrogen-bond donors (Lipinski definition) is 1. The zero-order valence-corrected chi connectivity index (χ0v) is 11.0. The number of amides is 1. The van der Waals surface area contributed by atoms with Crippen LogP contribution in [0.15, 0.2) is 0 Å². The summed E-state index contributed by atoms with van der Waals surface area (Å²) in [5, 5.41) is 3.09. The molecule has 0 saturated heterocycles. The minimum atomic E-state index is -0.431. The van der Waals surface area contributed by atoms with Gasteiger partial charge in [0.2, 0.25) is 5.91 Å². The first-order valence-electron chi connectivity index (χ1n) is 6.39. The lowest BCUT2D eigenvalue weighted by Gasteiger charge is -2.23. The second kappa shape index (κ2) is 4.56. The van der Waals surface area contributed by atoms with Crippen molar-refractivity contribution in [2.75, 3.05) is 12.4 Å². The summed E-state index contributed by atoms with van der Waals surface area (Å²) in [6, 6.07) is 0. The predicted molar refractivity (Wildman–Crippen MR) is 66.4 cm³/mol. The molecule has 2 rings (SSSR count). The Kier molecular flexibility index (Phi) is 3.48. The molecule has 0 heterocycles. The highest BCUT2D eigenvalue weighted by Crippen LogP contribution is 2.48. The van der Waals surface area contributed by atoms with Crippen LogP contribution in [0.25, 0.3) is 0 Å². The van der Waals surface area contributed by atoms with Crippen molar-refractivity contribution in [1.29, 1.82) is 0 Å². The van der Waals surface area contributed by atoms with Crippen LogP contribution < -0.4 is 5.32 Å². The molecule has 2 nitrogen and oxygen atoms in total. The first-order valence-corrected chi connectivity index (χ1v) is 6.92. The fourth-order valence-electron chi connectivity index (χ4n) is 2.28. The van der Waals surface area contributed by atoms with Gasteiger partial charge in [-0.1, -0.05) is 0 Å². The summed E-state index contributed by atoms with van der Waals surface area (Å²) >= 11 is 5.79. The van der Waals surface area contributed by atoms with E-state index >= 15 is 0 Å². The van der Waals surface area contributed by atoms with Gasteiger partial charge in [0, 0.05) is 12.4 Å². The van der Waals surface area contributed by atoms with Crippen LogP contribution in [-0.4, -0.2) is 18.3 Å². The minimum absolute atomic E-state index is 0.105. The van der Waals surface area contributed by atoms with E-state index in [4.69, 9.17) is 11.6 Å². The lowest BCUT2D eigenvalue weighted by atomic mass is 9.93. The van der Waals surface area contributed by atoms with Gasteiger partial charge in [-0.25, -0.2) is 0 Å². The van der Waals surface area contributed by atoms with E-state index in [0.29, 0.717) is 5.88 Å². The van der Waals surface area contributed by atoms with Crippen LogP contribution in [0.1, 0.15) is 39.5 Å². The van der Waals surface area contributed by atoms with Crippen LogP contribution in [0.3, 0.4) is 0 Å². The van der Waals surface area contributed by atoms with E-state index in [-0.39, 0.29) is 5.91 Å². The van der Waals surface area contributed by atoms with E-state index in [1.165, 1.54) is 25.7 Å². The molecule has 2 aliphatic rings. The maximum Gasteiger partial charge on any atom is 0.226 e. The fraction of sp³-hybridized carbons (Fsp3) is 0.923. The van der Waals surface area contributed by atoms with Gasteiger partial charge >= 0.3 is 0 Å². The van der Waals surface area contributed by atoms with Crippen molar-refractivity contribution < 1.29 is 4.79 Å². The molecule has 2 aliphatic carbocycles. The van der Waals surface area contributed by atoms with Crippen LogP contribution in [0, 0.1) is 23.2 Å². The van der Waals surface area contributed by atoms with Gasteiger partial charge in [0.05, 0.1) is 5.41 Å². The molecule has 0 unspecified atom stereocenters. The van der Waals surface area contributed by atoms with E-state index in [9.17, 15) is 4.79 Å². The van der Waals surface area contributed by atoms with Crippen LogP contribution in [0.4, 0.5) is 0 Å². The molecule has 0 spiro atoms. The Morgan fingerprint density at radius 3 is 2.19 bits per heavy atom. The second-order valence-corrected chi connectivity index (χ2v) is 6.33. The van der Waals surface area contributed by atoms with Gasteiger partial charge in [0.15, 0.2) is 0 Å². The van der Waals surface area contributed by atoms with Crippen molar-refractivity contribution in [3.63, 3.8) is 0 Å². The first-order chi connectivity index (χ1) is 7.54. The molecule has 0 atom stereocenters. The highest BCUT2D eigenvalue weighted by molar-refractivity contribution is 6.19. The molecule has 1 N–H and O–H groups in total. The van der Waals surface area contributed by atoms with Crippen molar-refractivity contribution in [3.8, 4) is 0 Å². The van der Waals surface area contributed by atoms with Crippen LogP contribution in [0.2, 0.25) is 0 Å². The maximum atomic E-state index is 11.9. The third-order valence-electron chi connectivity index (χ3n) is 3.90.